The molecule has 32 heavy (non-hydrogen) atoms. The van der Waals surface area contributed by atoms with E-state index in [1.54, 1.807) is 29.9 Å². The highest BCUT2D eigenvalue weighted by molar-refractivity contribution is 7.99. The van der Waals surface area contributed by atoms with Gasteiger partial charge in [0.2, 0.25) is 5.91 Å². The lowest BCUT2D eigenvalue weighted by Gasteiger charge is -2.12. The van der Waals surface area contributed by atoms with E-state index in [0.29, 0.717) is 33.4 Å². The molecule has 0 saturated carbocycles. The fourth-order valence-corrected chi connectivity index (χ4v) is 5.10. The van der Waals surface area contributed by atoms with Crippen LogP contribution in [0.15, 0.2) is 82.6 Å². The molecule has 4 rings (SSSR count). The molecule has 0 aliphatic carbocycles. The van der Waals surface area contributed by atoms with Crippen molar-refractivity contribution in [2.24, 2.45) is 0 Å². The highest BCUT2D eigenvalue weighted by Crippen LogP contribution is 2.32. The standard InChI is InChI=1S/C24H21N3O3S2/c1-3-13-27-23(29)21-17(16-9-5-4-6-10-16)14-31-22(21)26-24(27)32-15-20(28)25-18-11-7-8-12-19(18)30-2/h3-12,14H,1,13,15H2,2H3,(H,25,28). The number of rotatable bonds is 8. The first kappa shape index (κ1) is 21.9. The zero-order chi connectivity index (χ0) is 22.5. The summed E-state index contributed by atoms with van der Waals surface area (Å²) in [6.07, 6.45) is 1.66. The maximum atomic E-state index is 13.4. The summed E-state index contributed by atoms with van der Waals surface area (Å²) in [6, 6.07) is 17.0. The van der Waals surface area contributed by atoms with Crippen LogP contribution in [0, 0.1) is 0 Å². The molecule has 1 N–H and O–H groups in total. The van der Waals surface area contributed by atoms with Crippen LogP contribution in [-0.4, -0.2) is 28.3 Å². The number of methoxy groups -OCH3 is 1. The number of nitrogens with one attached hydrogen (secondary N) is 1. The van der Waals surface area contributed by atoms with Gasteiger partial charge in [0, 0.05) is 17.5 Å². The molecule has 2 aromatic heterocycles. The van der Waals surface area contributed by atoms with Crippen molar-refractivity contribution in [3.05, 3.63) is 83.0 Å². The molecule has 0 aliphatic heterocycles. The fraction of sp³-hybridized carbons (Fsp3) is 0.125. The Morgan fingerprint density at radius 3 is 2.72 bits per heavy atom. The topological polar surface area (TPSA) is 73.2 Å². The van der Waals surface area contributed by atoms with Crippen LogP contribution in [0.5, 0.6) is 5.75 Å². The lowest BCUT2D eigenvalue weighted by Crippen LogP contribution is -2.23. The number of para-hydroxylation sites is 2. The third-order valence-electron chi connectivity index (χ3n) is 4.77. The number of ether oxygens (including phenoxy) is 1. The van der Waals surface area contributed by atoms with Gasteiger partial charge in [0.05, 0.1) is 23.9 Å². The first-order valence-electron chi connectivity index (χ1n) is 9.86. The van der Waals surface area contributed by atoms with Crippen molar-refractivity contribution in [2.75, 3.05) is 18.2 Å². The molecule has 4 aromatic rings. The van der Waals surface area contributed by atoms with Crippen LogP contribution in [0.3, 0.4) is 0 Å². The number of allylic oxidation sites excluding steroid dienone is 1. The molecule has 0 spiro atoms. The van der Waals surface area contributed by atoms with Crippen molar-refractivity contribution >= 4 is 44.9 Å². The van der Waals surface area contributed by atoms with Crippen molar-refractivity contribution in [3.63, 3.8) is 0 Å². The van der Waals surface area contributed by atoms with Crippen LogP contribution in [0.25, 0.3) is 21.3 Å². The van der Waals surface area contributed by atoms with Gasteiger partial charge in [0.15, 0.2) is 5.16 Å². The number of carbonyl (C=O) groups is 1. The van der Waals surface area contributed by atoms with E-state index >= 15 is 0 Å². The smallest absolute Gasteiger partial charge is 0.263 e. The predicted octanol–water partition coefficient (Wildman–Crippen LogP) is 5.05. The molecule has 0 unspecified atom stereocenters. The number of fused-ring (bicyclic) bond motifs is 1. The Balaban J connectivity index is 1.62. The van der Waals surface area contributed by atoms with E-state index in [2.05, 4.69) is 11.9 Å². The number of aromatic nitrogens is 2. The zero-order valence-corrected chi connectivity index (χ0v) is 19.0. The monoisotopic (exact) mass is 463 g/mol. The van der Waals surface area contributed by atoms with Gasteiger partial charge in [-0.1, -0.05) is 60.3 Å². The molecule has 0 atom stereocenters. The third kappa shape index (κ3) is 4.46. The molecule has 0 aliphatic rings. The molecule has 0 saturated heterocycles. The van der Waals surface area contributed by atoms with Crippen LogP contribution in [0.4, 0.5) is 5.69 Å². The molecule has 6 nitrogen and oxygen atoms in total. The van der Waals surface area contributed by atoms with E-state index < -0.39 is 0 Å². The van der Waals surface area contributed by atoms with Crippen LogP contribution in [0.1, 0.15) is 0 Å². The Morgan fingerprint density at radius 2 is 1.97 bits per heavy atom. The first-order valence-corrected chi connectivity index (χ1v) is 11.7. The summed E-state index contributed by atoms with van der Waals surface area (Å²) in [5.74, 6) is 0.473. The predicted molar refractivity (Wildman–Crippen MR) is 132 cm³/mol. The van der Waals surface area contributed by atoms with Gasteiger partial charge in [0.25, 0.3) is 5.56 Å². The van der Waals surface area contributed by atoms with E-state index in [1.165, 1.54) is 23.1 Å². The number of benzene rings is 2. The molecule has 2 aromatic carbocycles. The third-order valence-corrected chi connectivity index (χ3v) is 6.62. The molecule has 0 radical (unpaired) electrons. The van der Waals surface area contributed by atoms with Crippen molar-refractivity contribution in [1.82, 2.24) is 9.55 Å². The second-order valence-corrected chi connectivity index (χ2v) is 8.63. The molecule has 1 amide bonds. The average Bonchev–Trinajstić information content (AvgIpc) is 3.25. The summed E-state index contributed by atoms with van der Waals surface area (Å²) < 4.78 is 6.84. The normalized spacial score (nSPS) is 10.8. The lowest BCUT2D eigenvalue weighted by molar-refractivity contribution is -0.113. The van der Waals surface area contributed by atoms with Gasteiger partial charge >= 0.3 is 0 Å². The number of amides is 1. The van der Waals surface area contributed by atoms with Crippen molar-refractivity contribution in [3.8, 4) is 16.9 Å². The SMILES string of the molecule is C=CCn1c(SCC(=O)Nc2ccccc2OC)nc2scc(-c3ccccc3)c2c1=O. The minimum Gasteiger partial charge on any atom is -0.495 e. The minimum absolute atomic E-state index is 0.101. The van der Waals surface area contributed by atoms with Crippen molar-refractivity contribution in [1.29, 1.82) is 0 Å². The Hall–Kier alpha value is -3.36. The Labute approximate surface area is 193 Å². The summed E-state index contributed by atoms with van der Waals surface area (Å²) in [5.41, 5.74) is 2.30. The zero-order valence-electron chi connectivity index (χ0n) is 17.4. The second-order valence-electron chi connectivity index (χ2n) is 6.83. The largest absolute Gasteiger partial charge is 0.495 e. The van der Waals surface area contributed by atoms with Gasteiger partial charge in [-0.2, -0.15) is 0 Å². The molecule has 2 heterocycles. The number of thioether (sulfide) groups is 1. The number of thiophene rings is 1. The van der Waals surface area contributed by atoms with Gasteiger partial charge in [-0.05, 0) is 17.7 Å². The van der Waals surface area contributed by atoms with Gasteiger partial charge in [0.1, 0.15) is 10.6 Å². The first-order chi connectivity index (χ1) is 15.6. The summed E-state index contributed by atoms with van der Waals surface area (Å²) >= 11 is 2.64. The molecule has 162 valence electrons. The lowest BCUT2D eigenvalue weighted by atomic mass is 10.1. The summed E-state index contributed by atoms with van der Waals surface area (Å²) in [6.45, 7) is 4.08. The number of hydrogen-bond donors (Lipinski definition) is 1. The fourth-order valence-electron chi connectivity index (χ4n) is 3.30. The van der Waals surface area contributed by atoms with E-state index in [1.807, 2.05) is 47.8 Å². The van der Waals surface area contributed by atoms with Crippen LogP contribution in [-0.2, 0) is 11.3 Å². The maximum absolute atomic E-state index is 13.4. The number of carbonyl (C=O) groups excluding carboxylic acids is 1. The number of anilines is 1. The van der Waals surface area contributed by atoms with Gasteiger partial charge < -0.3 is 10.1 Å². The van der Waals surface area contributed by atoms with E-state index in [0.717, 1.165) is 11.1 Å². The van der Waals surface area contributed by atoms with Crippen LogP contribution >= 0.6 is 23.1 Å². The quantitative estimate of drug-likeness (QED) is 0.225. The number of hydrogen-bond acceptors (Lipinski definition) is 6. The maximum Gasteiger partial charge on any atom is 0.263 e. The van der Waals surface area contributed by atoms with Crippen LogP contribution < -0.4 is 15.6 Å². The Morgan fingerprint density at radius 1 is 1.22 bits per heavy atom. The number of nitrogens with zero attached hydrogens (tertiary/aromatic N) is 2. The molecular formula is C24H21N3O3S2. The van der Waals surface area contributed by atoms with E-state index in [4.69, 9.17) is 9.72 Å². The highest BCUT2D eigenvalue weighted by atomic mass is 32.2. The second kappa shape index (κ2) is 9.84. The molecule has 0 fully saturated rings. The Bertz CT molecular complexity index is 1330. The van der Waals surface area contributed by atoms with E-state index in [-0.39, 0.29) is 17.2 Å². The van der Waals surface area contributed by atoms with Crippen LogP contribution in [0.2, 0.25) is 0 Å². The average molecular weight is 464 g/mol. The molecule has 8 heteroatoms. The van der Waals surface area contributed by atoms with Gasteiger partial charge in [-0.15, -0.1) is 17.9 Å². The van der Waals surface area contributed by atoms with Gasteiger partial charge in [-0.3, -0.25) is 14.2 Å². The Kier molecular flexibility index (Phi) is 6.72. The molecule has 0 bridgehead atoms. The van der Waals surface area contributed by atoms with Crippen molar-refractivity contribution in [2.45, 2.75) is 11.7 Å². The van der Waals surface area contributed by atoms with Gasteiger partial charge in [-0.25, -0.2) is 4.98 Å². The summed E-state index contributed by atoms with van der Waals surface area (Å²) in [5, 5.41) is 5.87. The molecular weight excluding hydrogens is 442 g/mol. The summed E-state index contributed by atoms with van der Waals surface area (Å²) in [4.78, 5) is 31.3. The van der Waals surface area contributed by atoms with Crippen molar-refractivity contribution < 1.29 is 9.53 Å². The highest BCUT2D eigenvalue weighted by Gasteiger charge is 2.18. The van der Waals surface area contributed by atoms with E-state index in [9.17, 15) is 9.59 Å². The minimum atomic E-state index is -0.213. The summed E-state index contributed by atoms with van der Waals surface area (Å²) in [7, 11) is 1.55.